The summed E-state index contributed by atoms with van der Waals surface area (Å²) in [6.45, 7) is 2.17. The monoisotopic (exact) mass is 325 g/mol. The molecule has 4 nitrogen and oxygen atoms in total. The van der Waals surface area contributed by atoms with Gasteiger partial charge in [-0.2, -0.15) is 0 Å². The second kappa shape index (κ2) is 6.15. The molecule has 2 aliphatic heterocycles. The lowest BCUT2D eigenvalue weighted by atomic mass is 10.1. The third kappa shape index (κ3) is 2.70. The number of benzene rings is 2. The van der Waals surface area contributed by atoms with E-state index in [4.69, 9.17) is 0 Å². The van der Waals surface area contributed by atoms with Crippen molar-refractivity contribution in [3.63, 3.8) is 0 Å². The van der Waals surface area contributed by atoms with Crippen LogP contribution in [0.4, 0.5) is 20.6 Å². The van der Waals surface area contributed by atoms with Crippen LogP contribution in [0.3, 0.4) is 0 Å². The molecule has 24 heavy (non-hydrogen) atoms. The summed E-state index contributed by atoms with van der Waals surface area (Å²) in [4.78, 5) is 17.0. The summed E-state index contributed by atoms with van der Waals surface area (Å²) in [6.07, 6.45) is 2.29. The molecule has 4 rings (SSSR count). The average Bonchev–Trinajstić information content (AvgIpc) is 3.09. The lowest BCUT2D eigenvalue weighted by Gasteiger charge is -2.40. The highest BCUT2D eigenvalue weighted by molar-refractivity contribution is 5.97. The van der Waals surface area contributed by atoms with Crippen molar-refractivity contribution in [1.29, 1.82) is 0 Å². The molecule has 5 heteroatoms. The number of hydrogen-bond acceptors (Lipinski definition) is 2. The van der Waals surface area contributed by atoms with E-state index >= 15 is 0 Å². The summed E-state index contributed by atoms with van der Waals surface area (Å²) in [6, 6.07) is 14.6. The van der Waals surface area contributed by atoms with Crippen molar-refractivity contribution < 1.29 is 9.18 Å². The first kappa shape index (κ1) is 15.0. The largest absolute Gasteiger partial charge is 0.365 e. The standard InChI is InChI=1S/C19H20FN3O/c20-15-9-7-14(8-10-15)12-21-19(24)23-13-16-4-3-11-22(16)17-5-1-2-6-18(17)23/h1-2,5-10,16H,3-4,11-13H2,(H,21,24)/t16-/m0/s1. The molecule has 1 fully saturated rings. The van der Waals surface area contributed by atoms with Crippen LogP contribution < -0.4 is 15.1 Å². The molecule has 0 radical (unpaired) electrons. The SMILES string of the molecule is O=C(NCc1ccc(F)cc1)N1C[C@@H]2CCCN2c2ccccc21. The quantitative estimate of drug-likeness (QED) is 0.917. The predicted molar refractivity (Wildman–Crippen MR) is 92.8 cm³/mol. The minimum atomic E-state index is -0.267. The number of halogens is 1. The number of anilines is 2. The van der Waals surface area contributed by atoms with E-state index < -0.39 is 0 Å². The number of para-hydroxylation sites is 2. The average molecular weight is 325 g/mol. The summed E-state index contributed by atoms with van der Waals surface area (Å²) in [7, 11) is 0. The molecule has 0 saturated carbocycles. The highest BCUT2D eigenvalue weighted by Gasteiger charge is 2.35. The second-order valence-electron chi connectivity index (χ2n) is 6.37. The molecule has 2 aromatic rings. The van der Waals surface area contributed by atoms with E-state index in [9.17, 15) is 9.18 Å². The van der Waals surface area contributed by atoms with Crippen molar-refractivity contribution in [3.05, 3.63) is 59.9 Å². The Balaban J connectivity index is 1.51. The van der Waals surface area contributed by atoms with Crippen LogP contribution in [0.5, 0.6) is 0 Å². The summed E-state index contributed by atoms with van der Waals surface area (Å²) >= 11 is 0. The van der Waals surface area contributed by atoms with Crippen molar-refractivity contribution in [2.24, 2.45) is 0 Å². The first-order valence-electron chi connectivity index (χ1n) is 8.38. The number of fused-ring (bicyclic) bond motifs is 3. The Kier molecular flexibility index (Phi) is 3.84. The molecule has 0 bridgehead atoms. The van der Waals surface area contributed by atoms with Gasteiger partial charge in [0.1, 0.15) is 5.82 Å². The first-order chi connectivity index (χ1) is 11.7. The van der Waals surface area contributed by atoms with Crippen molar-refractivity contribution in [2.45, 2.75) is 25.4 Å². The molecular formula is C19H20FN3O. The lowest BCUT2D eigenvalue weighted by molar-refractivity contribution is 0.245. The third-order valence-corrected chi connectivity index (χ3v) is 4.85. The van der Waals surface area contributed by atoms with Crippen LogP contribution in [0.15, 0.2) is 48.5 Å². The van der Waals surface area contributed by atoms with Crippen LogP contribution in [-0.2, 0) is 6.54 Å². The Morgan fingerprint density at radius 2 is 1.88 bits per heavy atom. The fraction of sp³-hybridized carbons (Fsp3) is 0.316. The molecule has 1 saturated heterocycles. The number of hydrogen-bond donors (Lipinski definition) is 1. The molecular weight excluding hydrogens is 305 g/mol. The van der Waals surface area contributed by atoms with Gasteiger partial charge in [-0.1, -0.05) is 24.3 Å². The zero-order chi connectivity index (χ0) is 16.5. The van der Waals surface area contributed by atoms with Crippen molar-refractivity contribution in [3.8, 4) is 0 Å². The number of nitrogens with one attached hydrogen (secondary N) is 1. The predicted octanol–water partition coefficient (Wildman–Crippen LogP) is 3.52. The molecule has 2 aromatic carbocycles. The number of carbonyl (C=O) groups excluding carboxylic acids is 1. The van der Waals surface area contributed by atoms with E-state index in [1.807, 2.05) is 23.1 Å². The highest BCUT2D eigenvalue weighted by Crippen LogP contribution is 2.39. The minimum absolute atomic E-state index is 0.0988. The molecule has 2 heterocycles. The van der Waals surface area contributed by atoms with Gasteiger partial charge in [0.25, 0.3) is 0 Å². The lowest BCUT2D eigenvalue weighted by Crippen LogP contribution is -2.51. The Hall–Kier alpha value is -2.56. The Bertz CT molecular complexity index is 747. The van der Waals surface area contributed by atoms with Gasteiger partial charge >= 0.3 is 6.03 Å². The summed E-state index contributed by atoms with van der Waals surface area (Å²) in [5.74, 6) is -0.267. The smallest absolute Gasteiger partial charge is 0.322 e. The normalized spacial score (nSPS) is 19.0. The molecule has 2 amide bonds. The van der Waals surface area contributed by atoms with Crippen LogP contribution in [0.25, 0.3) is 0 Å². The van der Waals surface area contributed by atoms with Gasteiger partial charge in [-0.25, -0.2) is 9.18 Å². The summed E-state index contributed by atoms with van der Waals surface area (Å²) < 4.78 is 13.0. The molecule has 0 aromatic heterocycles. The maximum absolute atomic E-state index is 13.0. The summed E-state index contributed by atoms with van der Waals surface area (Å²) in [5.41, 5.74) is 2.99. The van der Waals surface area contributed by atoms with Gasteiger partial charge < -0.3 is 10.2 Å². The van der Waals surface area contributed by atoms with Gasteiger partial charge in [0.15, 0.2) is 0 Å². The third-order valence-electron chi connectivity index (χ3n) is 4.85. The summed E-state index contributed by atoms with van der Waals surface area (Å²) in [5, 5.41) is 2.95. The molecule has 0 spiro atoms. The molecule has 124 valence electrons. The number of amides is 2. The molecule has 2 aliphatic rings. The zero-order valence-electron chi connectivity index (χ0n) is 13.4. The van der Waals surface area contributed by atoms with E-state index in [-0.39, 0.29) is 11.8 Å². The van der Waals surface area contributed by atoms with Gasteiger partial charge in [-0.3, -0.25) is 4.90 Å². The molecule has 1 atom stereocenters. The molecule has 0 aliphatic carbocycles. The second-order valence-corrected chi connectivity index (χ2v) is 6.37. The van der Waals surface area contributed by atoms with Crippen LogP contribution in [0, 0.1) is 5.82 Å². The van der Waals surface area contributed by atoms with Gasteiger partial charge in [-0.05, 0) is 42.7 Å². The van der Waals surface area contributed by atoms with E-state index in [1.165, 1.54) is 18.6 Å². The number of rotatable bonds is 2. The number of urea groups is 1. The highest BCUT2D eigenvalue weighted by atomic mass is 19.1. The van der Waals surface area contributed by atoms with Crippen LogP contribution >= 0.6 is 0 Å². The van der Waals surface area contributed by atoms with Gasteiger partial charge in [0, 0.05) is 25.7 Å². The van der Waals surface area contributed by atoms with Crippen LogP contribution in [-0.4, -0.2) is 25.2 Å². The maximum Gasteiger partial charge on any atom is 0.322 e. The number of carbonyl (C=O) groups is 1. The van der Waals surface area contributed by atoms with E-state index in [2.05, 4.69) is 16.3 Å². The topological polar surface area (TPSA) is 35.6 Å². The van der Waals surface area contributed by atoms with Crippen molar-refractivity contribution >= 4 is 17.4 Å². The van der Waals surface area contributed by atoms with Crippen LogP contribution in [0.2, 0.25) is 0 Å². The maximum atomic E-state index is 13.0. The minimum Gasteiger partial charge on any atom is -0.365 e. The van der Waals surface area contributed by atoms with E-state index in [1.54, 1.807) is 12.1 Å². The molecule has 0 unspecified atom stereocenters. The van der Waals surface area contributed by atoms with Gasteiger partial charge in [0.2, 0.25) is 0 Å². The van der Waals surface area contributed by atoms with E-state index in [0.29, 0.717) is 19.1 Å². The Morgan fingerprint density at radius 1 is 1.12 bits per heavy atom. The van der Waals surface area contributed by atoms with Crippen molar-refractivity contribution in [2.75, 3.05) is 22.9 Å². The van der Waals surface area contributed by atoms with Crippen LogP contribution in [0.1, 0.15) is 18.4 Å². The van der Waals surface area contributed by atoms with E-state index in [0.717, 1.165) is 29.9 Å². The zero-order valence-corrected chi connectivity index (χ0v) is 13.4. The Labute approximate surface area is 140 Å². The number of nitrogens with zero attached hydrogens (tertiary/aromatic N) is 2. The van der Waals surface area contributed by atoms with Gasteiger partial charge in [0.05, 0.1) is 11.4 Å². The van der Waals surface area contributed by atoms with Crippen molar-refractivity contribution in [1.82, 2.24) is 5.32 Å². The fourth-order valence-corrected chi connectivity index (χ4v) is 3.65. The molecule has 1 N–H and O–H groups in total. The first-order valence-corrected chi connectivity index (χ1v) is 8.38. The Morgan fingerprint density at radius 3 is 2.67 bits per heavy atom. The van der Waals surface area contributed by atoms with Gasteiger partial charge in [-0.15, -0.1) is 0 Å². The fourth-order valence-electron chi connectivity index (χ4n) is 3.65.